The van der Waals surface area contributed by atoms with E-state index in [4.69, 9.17) is 5.11 Å². The molecule has 0 aliphatic heterocycles. The summed E-state index contributed by atoms with van der Waals surface area (Å²) < 4.78 is 26.6. The molecule has 0 spiro atoms. The number of para-hydroxylation sites is 1. The predicted molar refractivity (Wildman–Crippen MR) is 97.1 cm³/mol. The normalized spacial score (nSPS) is 11.2. The summed E-state index contributed by atoms with van der Waals surface area (Å²) in [4.78, 5) is 13.9. The second-order valence-corrected chi connectivity index (χ2v) is 7.41. The zero-order chi connectivity index (χ0) is 18.4. The highest BCUT2D eigenvalue weighted by molar-refractivity contribution is 7.92. The topological polar surface area (TPSA) is 77.9 Å². The minimum absolute atomic E-state index is 0.112. The Labute approximate surface area is 148 Å². The summed E-state index contributed by atoms with van der Waals surface area (Å²) >= 11 is 0. The molecular formula is C18H22N2O4S. The number of amides is 1. The quantitative estimate of drug-likeness (QED) is 0.817. The Kier molecular flexibility index (Phi) is 6.17. The third-order valence-electron chi connectivity index (χ3n) is 3.92. The molecule has 1 amide bonds. The van der Waals surface area contributed by atoms with Crippen molar-refractivity contribution in [1.82, 2.24) is 4.90 Å². The summed E-state index contributed by atoms with van der Waals surface area (Å²) in [6, 6.07) is 14.6. The highest BCUT2D eigenvalue weighted by Gasteiger charge is 2.22. The Hall–Kier alpha value is -2.38. The van der Waals surface area contributed by atoms with Crippen LogP contribution in [0.25, 0.3) is 0 Å². The number of rotatable bonds is 7. The van der Waals surface area contributed by atoms with Crippen LogP contribution >= 0.6 is 0 Å². The molecule has 25 heavy (non-hydrogen) atoms. The summed E-state index contributed by atoms with van der Waals surface area (Å²) in [5.74, 6) is -0.239. The van der Waals surface area contributed by atoms with Crippen molar-refractivity contribution in [1.29, 1.82) is 0 Å². The van der Waals surface area contributed by atoms with Crippen LogP contribution in [0.3, 0.4) is 0 Å². The monoisotopic (exact) mass is 362 g/mol. The molecule has 0 aromatic heterocycles. The van der Waals surface area contributed by atoms with Crippen LogP contribution in [0.2, 0.25) is 0 Å². The lowest BCUT2D eigenvalue weighted by atomic mass is 10.2. The van der Waals surface area contributed by atoms with Gasteiger partial charge in [0, 0.05) is 25.7 Å². The molecule has 2 aromatic carbocycles. The maximum atomic E-state index is 12.7. The molecule has 0 radical (unpaired) electrons. The molecule has 2 aromatic rings. The van der Waals surface area contributed by atoms with Gasteiger partial charge in [-0.15, -0.1) is 0 Å². The van der Waals surface area contributed by atoms with E-state index in [-0.39, 0.29) is 24.0 Å². The minimum atomic E-state index is -3.70. The van der Waals surface area contributed by atoms with E-state index < -0.39 is 10.0 Å². The lowest BCUT2D eigenvalue weighted by molar-refractivity contribution is 0.0732. The van der Waals surface area contributed by atoms with Gasteiger partial charge in [0.15, 0.2) is 0 Å². The first-order chi connectivity index (χ1) is 11.9. The van der Waals surface area contributed by atoms with Crippen molar-refractivity contribution in [3.8, 4) is 0 Å². The fourth-order valence-corrected chi connectivity index (χ4v) is 3.61. The standard InChI is InChI=1S/C18H22N2O4S/c1-3-20(13-14-21)18(22)15-9-11-17(12-10-15)25(23,24)19(2)16-7-5-4-6-8-16/h4-12,21H,3,13-14H2,1-2H3. The smallest absolute Gasteiger partial charge is 0.264 e. The number of benzene rings is 2. The lowest BCUT2D eigenvalue weighted by Gasteiger charge is -2.21. The highest BCUT2D eigenvalue weighted by atomic mass is 32.2. The lowest BCUT2D eigenvalue weighted by Crippen LogP contribution is -2.33. The fraction of sp³-hybridized carbons (Fsp3) is 0.278. The van der Waals surface area contributed by atoms with Crippen LogP contribution in [0.4, 0.5) is 5.69 Å². The number of nitrogens with zero attached hydrogens (tertiary/aromatic N) is 2. The molecule has 0 unspecified atom stereocenters. The third-order valence-corrected chi connectivity index (χ3v) is 5.72. The van der Waals surface area contributed by atoms with Crippen LogP contribution in [0.1, 0.15) is 17.3 Å². The molecular weight excluding hydrogens is 340 g/mol. The summed E-state index contributed by atoms with van der Waals surface area (Å²) in [6.45, 7) is 2.41. The zero-order valence-electron chi connectivity index (χ0n) is 14.3. The van der Waals surface area contributed by atoms with E-state index in [1.54, 1.807) is 24.3 Å². The van der Waals surface area contributed by atoms with Gasteiger partial charge in [-0.1, -0.05) is 18.2 Å². The van der Waals surface area contributed by atoms with Gasteiger partial charge in [-0.25, -0.2) is 8.42 Å². The Balaban J connectivity index is 2.25. The average molecular weight is 362 g/mol. The first-order valence-electron chi connectivity index (χ1n) is 7.96. The number of anilines is 1. The molecule has 0 saturated heterocycles. The van der Waals surface area contributed by atoms with Crippen molar-refractivity contribution in [3.05, 3.63) is 60.2 Å². The van der Waals surface area contributed by atoms with Crippen molar-refractivity contribution in [3.63, 3.8) is 0 Å². The van der Waals surface area contributed by atoms with Gasteiger partial charge in [0.1, 0.15) is 0 Å². The molecule has 0 aliphatic carbocycles. The summed E-state index contributed by atoms with van der Waals surface area (Å²) in [6.07, 6.45) is 0. The minimum Gasteiger partial charge on any atom is -0.395 e. The summed E-state index contributed by atoms with van der Waals surface area (Å²) in [7, 11) is -2.21. The molecule has 1 N–H and O–H groups in total. The van der Waals surface area contributed by atoms with Gasteiger partial charge < -0.3 is 10.0 Å². The number of aliphatic hydroxyl groups is 1. The maximum absolute atomic E-state index is 12.7. The van der Waals surface area contributed by atoms with E-state index in [0.717, 1.165) is 0 Å². The zero-order valence-corrected chi connectivity index (χ0v) is 15.1. The summed E-state index contributed by atoms with van der Waals surface area (Å²) in [5, 5.41) is 9.00. The molecule has 0 bridgehead atoms. The van der Waals surface area contributed by atoms with Gasteiger partial charge in [0.05, 0.1) is 17.2 Å². The van der Waals surface area contributed by atoms with E-state index >= 15 is 0 Å². The molecule has 134 valence electrons. The van der Waals surface area contributed by atoms with E-state index in [0.29, 0.717) is 17.8 Å². The molecule has 0 saturated carbocycles. The number of carbonyl (C=O) groups excluding carboxylic acids is 1. The van der Waals surface area contributed by atoms with Gasteiger partial charge in [0.25, 0.3) is 15.9 Å². The Morgan fingerprint density at radius 1 is 1.04 bits per heavy atom. The third kappa shape index (κ3) is 4.18. The van der Waals surface area contributed by atoms with Crippen LogP contribution in [0, 0.1) is 0 Å². The van der Waals surface area contributed by atoms with Crippen LogP contribution in [0.15, 0.2) is 59.5 Å². The predicted octanol–water partition coefficient (Wildman–Crippen LogP) is 1.97. The van der Waals surface area contributed by atoms with Crippen LogP contribution in [0.5, 0.6) is 0 Å². The molecule has 0 atom stereocenters. The van der Waals surface area contributed by atoms with Crippen LogP contribution in [-0.4, -0.2) is 51.1 Å². The molecule has 0 aliphatic rings. The molecule has 6 nitrogen and oxygen atoms in total. The SMILES string of the molecule is CCN(CCO)C(=O)c1ccc(S(=O)(=O)N(C)c2ccccc2)cc1. The van der Waals surface area contributed by atoms with Crippen molar-refractivity contribution in [2.75, 3.05) is 31.0 Å². The van der Waals surface area contributed by atoms with Gasteiger partial charge in [-0.3, -0.25) is 9.10 Å². The first-order valence-corrected chi connectivity index (χ1v) is 9.40. The van der Waals surface area contributed by atoms with Crippen LogP contribution < -0.4 is 4.31 Å². The Morgan fingerprint density at radius 2 is 1.64 bits per heavy atom. The number of carbonyl (C=O) groups is 1. The van der Waals surface area contributed by atoms with Crippen molar-refractivity contribution in [2.45, 2.75) is 11.8 Å². The van der Waals surface area contributed by atoms with Crippen LogP contribution in [-0.2, 0) is 10.0 Å². The number of hydrogen-bond acceptors (Lipinski definition) is 4. The van der Waals surface area contributed by atoms with E-state index in [2.05, 4.69) is 0 Å². The van der Waals surface area contributed by atoms with Crippen molar-refractivity contribution >= 4 is 21.6 Å². The average Bonchev–Trinajstić information content (AvgIpc) is 2.65. The maximum Gasteiger partial charge on any atom is 0.264 e. The van der Waals surface area contributed by atoms with Gasteiger partial charge in [-0.2, -0.15) is 0 Å². The number of aliphatic hydroxyl groups excluding tert-OH is 1. The van der Waals surface area contributed by atoms with E-state index in [1.165, 1.54) is 40.5 Å². The highest BCUT2D eigenvalue weighted by Crippen LogP contribution is 2.22. The number of hydrogen-bond donors (Lipinski definition) is 1. The second-order valence-electron chi connectivity index (χ2n) is 5.44. The Morgan fingerprint density at radius 3 is 2.16 bits per heavy atom. The molecule has 0 heterocycles. The fourth-order valence-electron chi connectivity index (χ4n) is 2.41. The van der Waals surface area contributed by atoms with E-state index in [9.17, 15) is 13.2 Å². The second kappa shape index (κ2) is 8.13. The largest absolute Gasteiger partial charge is 0.395 e. The van der Waals surface area contributed by atoms with Crippen molar-refractivity contribution < 1.29 is 18.3 Å². The van der Waals surface area contributed by atoms with Gasteiger partial charge in [-0.05, 0) is 43.3 Å². The number of sulfonamides is 1. The summed E-state index contributed by atoms with van der Waals surface area (Å²) in [5.41, 5.74) is 0.944. The first kappa shape index (κ1) is 19.0. The van der Waals surface area contributed by atoms with Gasteiger partial charge >= 0.3 is 0 Å². The Bertz CT molecular complexity index is 805. The van der Waals surface area contributed by atoms with Gasteiger partial charge in [0.2, 0.25) is 0 Å². The number of likely N-dealkylation sites (N-methyl/N-ethyl adjacent to an activating group) is 1. The molecule has 0 fully saturated rings. The van der Waals surface area contributed by atoms with Crippen molar-refractivity contribution in [2.24, 2.45) is 0 Å². The molecule has 2 rings (SSSR count). The van der Waals surface area contributed by atoms with E-state index in [1.807, 2.05) is 13.0 Å². The molecule has 7 heteroatoms.